The van der Waals surface area contributed by atoms with Crippen LogP contribution < -0.4 is 0 Å². The van der Waals surface area contributed by atoms with Crippen LogP contribution in [-0.4, -0.2) is 31.1 Å². The van der Waals surface area contributed by atoms with Crippen LogP contribution in [0.2, 0.25) is 0 Å². The molecule has 0 aromatic carbocycles. The molecule has 0 aromatic rings. The summed E-state index contributed by atoms with van der Waals surface area (Å²) in [5, 5.41) is 0. The molecule has 2 unspecified atom stereocenters. The smallest absolute Gasteiger partial charge is 0.330 e. The molecule has 0 N–H and O–H groups in total. The van der Waals surface area contributed by atoms with E-state index in [4.69, 9.17) is 14.2 Å². The molecule has 0 aliphatic carbocycles. The van der Waals surface area contributed by atoms with Crippen molar-refractivity contribution in [2.75, 3.05) is 6.61 Å². The highest BCUT2D eigenvalue weighted by Crippen LogP contribution is 2.22. The first-order chi connectivity index (χ1) is 12.8. The van der Waals surface area contributed by atoms with Crippen LogP contribution in [0.25, 0.3) is 0 Å². The van der Waals surface area contributed by atoms with Crippen LogP contribution in [0.1, 0.15) is 79.6 Å². The lowest BCUT2D eigenvalue weighted by atomic mass is 10.0. The zero-order valence-corrected chi connectivity index (χ0v) is 17.9. The Morgan fingerprint density at radius 1 is 1.19 bits per heavy atom. The van der Waals surface area contributed by atoms with Gasteiger partial charge in [-0.3, -0.25) is 0 Å². The zero-order chi connectivity index (χ0) is 20.2. The van der Waals surface area contributed by atoms with Gasteiger partial charge in [0.1, 0.15) is 0 Å². The number of carbonyl (C=O) groups excluding carboxylic acids is 1. The molecule has 1 rings (SSSR count). The third-order valence-electron chi connectivity index (χ3n) is 4.55. The molecule has 0 saturated carbocycles. The highest BCUT2D eigenvalue weighted by Gasteiger charge is 2.20. The van der Waals surface area contributed by atoms with Crippen LogP contribution in [0.3, 0.4) is 0 Å². The van der Waals surface area contributed by atoms with Crippen molar-refractivity contribution in [2.24, 2.45) is 0 Å². The molecule has 0 radical (unpaired) electrons. The first-order valence-corrected chi connectivity index (χ1v) is 10.2. The van der Waals surface area contributed by atoms with Gasteiger partial charge in [-0.2, -0.15) is 0 Å². The van der Waals surface area contributed by atoms with Crippen LogP contribution in [0.4, 0.5) is 0 Å². The van der Waals surface area contributed by atoms with Crippen molar-refractivity contribution in [2.45, 2.75) is 98.1 Å². The molecule has 1 aliphatic heterocycles. The Balaban J connectivity index is 2.37. The molecule has 1 saturated heterocycles. The maximum absolute atomic E-state index is 11.6. The van der Waals surface area contributed by atoms with E-state index in [0.717, 1.165) is 56.3 Å². The minimum atomic E-state index is -0.255. The average Bonchev–Trinajstić information content (AvgIpc) is 2.58. The number of ether oxygens (including phenoxy) is 3. The molecule has 27 heavy (non-hydrogen) atoms. The van der Waals surface area contributed by atoms with Crippen molar-refractivity contribution < 1.29 is 19.0 Å². The van der Waals surface area contributed by atoms with E-state index < -0.39 is 0 Å². The van der Waals surface area contributed by atoms with Crippen LogP contribution in [-0.2, 0) is 19.0 Å². The van der Waals surface area contributed by atoms with Crippen molar-refractivity contribution >= 4 is 5.97 Å². The molecule has 0 amide bonds. The molecular weight excluding hydrogens is 340 g/mol. The standard InChI is InChI=1S/C23H38O4/c1-17(2)21(27-23-12-7-8-15-25-23)14-13-19(5)10-9-11-20(6)16-22(24)26-18(3)4/h10,16,18,21,23H,1,7-9,11-15H2,2-6H3/b19-10+,20-16+. The molecule has 4 nitrogen and oxygen atoms in total. The third kappa shape index (κ3) is 11.1. The van der Waals surface area contributed by atoms with Gasteiger partial charge in [0.05, 0.1) is 12.2 Å². The van der Waals surface area contributed by atoms with Gasteiger partial charge < -0.3 is 14.2 Å². The Kier molecular flexibility index (Phi) is 11.3. The summed E-state index contributed by atoms with van der Waals surface area (Å²) in [6.07, 6.45) is 10.7. The average molecular weight is 379 g/mol. The molecule has 1 fully saturated rings. The Labute approximate surface area is 165 Å². The van der Waals surface area contributed by atoms with Gasteiger partial charge >= 0.3 is 5.97 Å². The molecule has 0 spiro atoms. The summed E-state index contributed by atoms with van der Waals surface area (Å²) in [6.45, 7) is 14.7. The first kappa shape index (κ1) is 23.6. The Hall–Kier alpha value is -1.39. The number of esters is 1. The van der Waals surface area contributed by atoms with Crippen molar-refractivity contribution in [3.8, 4) is 0 Å². The molecular formula is C23H38O4. The Bertz CT molecular complexity index is 524. The fraction of sp³-hybridized carbons (Fsp3) is 0.696. The van der Waals surface area contributed by atoms with Gasteiger partial charge in [0.25, 0.3) is 0 Å². The molecule has 1 aliphatic rings. The van der Waals surface area contributed by atoms with E-state index in [1.807, 2.05) is 27.7 Å². The van der Waals surface area contributed by atoms with Crippen LogP contribution >= 0.6 is 0 Å². The van der Waals surface area contributed by atoms with E-state index in [1.54, 1.807) is 6.08 Å². The van der Waals surface area contributed by atoms with E-state index >= 15 is 0 Å². The molecule has 0 bridgehead atoms. The van der Waals surface area contributed by atoms with Gasteiger partial charge in [-0.15, -0.1) is 0 Å². The lowest BCUT2D eigenvalue weighted by Crippen LogP contribution is -2.28. The second-order valence-corrected chi connectivity index (χ2v) is 7.87. The van der Waals surface area contributed by atoms with Gasteiger partial charge in [-0.05, 0) is 79.6 Å². The lowest BCUT2D eigenvalue weighted by Gasteiger charge is -2.28. The van der Waals surface area contributed by atoms with Gasteiger partial charge in [-0.25, -0.2) is 4.79 Å². The predicted molar refractivity (Wildman–Crippen MR) is 110 cm³/mol. The largest absolute Gasteiger partial charge is 0.460 e. The molecule has 1 heterocycles. The second kappa shape index (κ2) is 12.9. The van der Waals surface area contributed by atoms with Crippen LogP contribution in [0.5, 0.6) is 0 Å². The summed E-state index contributed by atoms with van der Waals surface area (Å²) in [5.74, 6) is -0.255. The topological polar surface area (TPSA) is 44.8 Å². The number of rotatable bonds is 11. The normalized spacial score (nSPS) is 19.9. The number of hydrogen-bond donors (Lipinski definition) is 0. The minimum absolute atomic E-state index is 0.0453. The minimum Gasteiger partial charge on any atom is -0.460 e. The van der Waals surface area contributed by atoms with Crippen LogP contribution in [0.15, 0.2) is 35.5 Å². The van der Waals surface area contributed by atoms with Gasteiger partial charge in [0.2, 0.25) is 0 Å². The van der Waals surface area contributed by atoms with Gasteiger partial charge in [0.15, 0.2) is 6.29 Å². The quantitative estimate of drug-likeness (QED) is 0.256. The molecule has 2 atom stereocenters. The SMILES string of the molecule is C=C(C)C(CC/C(C)=C/CC/C(C)=C/C(=O)OC(C)C)OC1CCCCO1. The fourth-order valence-corrected chi connectivity index (χ4v) is 2.98. The van der Waals surface area contributed by atoms with E-state index in [9.17, 15) is 4.79 Å². The van der Waals surface area contributed by atoms with Crippen molar-refractivity contribution in [1.82, 2.24) is 0 Å². The van der Waals surface area contributed by atoms with E-state index in [2.05, 4.69) is 19.6 Å². The van der Waals surface area contributed by atoms with Crippen LogP contribution in [0, 0.1) is 0 Å². The summed E-state index contributed by atoms with van der Waals surface area (Å²) in [7, 11) is 0. The molecule has 4 heteroatoms. The second-order valence-electron chi connectivity index (χ2n) is 7.87. The van der Waals surface area contributed by atoms with Crippen molar-refractivity contribution in [1.29, 1.82) is 0 Å². The van der Waals surface area contributed by atoms with E-state index in [1.165, 1.54) is 12.0 Å². The highest BCUT2D eigenvalue weighted by atomic mass is 16.7. The van der Waals surface area contributed by atoms with E-state index in [-0.39, 0.29) is 24.5 Å². The molecule has 154 valence electrons. The predicted octanol–water partition coefficient (Wildman–Crippen LogP) is 5.88. The lowest BCUT2D eigenvalue weighted by molar-refractivity contribution is -0.181. The molecule has 0 aromatic heterocycles. The maximum atomic E-state index is 11.6. The summed E-state index contributed by atoms with van der Waals surface area (Å²) >= 11 is 0. The van der Waals surface area contributed by atoms with Crippen molar-refractivity contribution in [3.05, 3.63) is 35.5 Å². The number of carbonyl (C=O) groups is 1. The summed E-state index contributed by atoms with van der Waals surface area (Å²) in [5.41, 5.74) is 3.44. The van der Waals surface area contributed by atoms with Crippen molar-refractivity contribution in [3.63, 3.8) is 0 Å². The number of hydrogen-bond acceptors (Lipinski definition) is 4. The number of allylic oxidation sites excluding steroid dienone is 3. The summed E-state index contributed by atoms with van der Waals surface area (Å²) in [4.78, 5) is 11.6. The maximum Gasteiger partial charge on any atom is 0.330 e. The van der Waals surface area contributed by atoms with Gasteiger partial charge in [0, 0.05) is 12.7 Å². The van der Waals surface area contributed by atoms with Gasteiger partial charge in [-0.1, -0.05) is 29.4 Å². The Morgan fingerprint density at radius 2 is 1.93 bits per heavy atom. The Morgan fingerprint density at radius 3 is 2.52 bits per heavy atom. The fourth-order valence-electron chi connectivity index (χ4n) is 2.98. The summed E-state index contributed by atoms with van der Waals surface area (Å²) < 4.78 is 16.9. The summed E-state index contributed by atoms with van der Waals surface area (Å²) in [6, 6.07) is 0. The zero-order valence-electron chi connectivity index (χ0n) is 17.9. The third-order valence-corrected chi connectivity index (χ3v) is 4.55. The highest BCUT2D eigenvalue weighted by molar-refractivity contribution is 5.82. The monoisotopic (exact) mass is 378 g/mol. The van der Waals surface area contributed by atoms with E-state index in [0.29, 0.717) is 0 Å². The first-order valence-electron chi connectivity index (χ1n) is 10.2.